The van der Waals surface area contributed by atoms with Gasteiger partial charge in [0.2, 0.25) is 5.91 Å². The first kappa shape index (κ1) is 22.5. The Morgan fingerprint density at radius 3 is 2.17 bits per heavy atom. The first-order chi connectivity index (χ1) is 14.5. The molecule has 1 saturated carbocycles. The fourth-order valence-corrected chi connectivity index (χ4v) is 4.29. The Kier molecular flexibility index (Phi) is 7.64. The van der Waals surface area contributed by atoms with Crippen LogP contribution in [0.2, 0.25) is 0 Å². The van der Waals surface area contributed by atoms with Gasteiger partial charge in [0.25, 0.3) is 0 Å². The Morgan fingerprint density at radius 1 is 1.10 bits per heavy atom. The molecule has 0 aromatic heterocycles. The van der Waals surface area contributed by atoms with Gasteiger partial charge in [-0.15, -0.1) is 0 Å². The average molecular weight is 410 g/mol. The SMILES string of the molecule is CCNC1CC1CCN(C)C(O)C(NC(=O)CC)(c1ccccc1)c1ccccc1. The van der Waals surface area contributed by atoms with E-state index in [1.165, 1.54) is 6.42 Å². The second kappa shape index (κ2) is 10.2. The van der Waals surface area contributed by atoms with Gasteiger partial charge in [-0.3, -0.25) is 9.69 Å². The van der Waals surface area contributed by atoms with Crippen molar-refractivity contribution in [3.8, 4) is 0 Å². The third-order valence-corrected chi connectivity index (χ3v) is 6.16. The Morgan fingerprint density at radius 2 is 1.67 bits per heavy atom. The third kappa shape index (κ3) is 4.91. The molecule has 1 aliphatic rings. The number of nitrogens with zero attached hydrogens (tertiary/aromatic N) is 1. The number of rotatable bonds is 11. The predicted molar refractivity (Wildman–Crippen MR) is 121 cm³/mol. The number of hydrogen-bond donors (Lipinski definition) is 3. The van der Waals surface area contributed by atoms with Crippen LogP contribution in [0.1, 0.15) is 44.2 Å². The number of aliphatic hydroxyl groups is 1. The highest BCUT2D eigenvalue weighted by Crippen LogP contribution is 2.37. The van der Waals surface area contributed by atoms with E-state index in [-0.39, 0.29) is 5.91 Å². The minimum Gasteiger partial charge on any atom is -0.375 e. The standard InChI is InChI=1S/C25H35N3O2/c1-4-23(29)27-25(20-12-8-6-9-13-20,21-14-10-7-11-15-21)24(30)28(3)17-16-19-18-22(19)26-5-2/h6-15,19,22,24,26,30H,4-5,16-18H2,1-3H3,(H,27,29). The largest absolute Gasteiger partial charge is 0.375 e. The highest BCUT2D eigenvalue weighted by molar-refractivity contribution is 5.77. The molecular weight excluding hydrogens is 374 g/mol. The zero-order valence-electron chi connectivity index (χ0n) is 18.3. The van der Waals surface area contributed by atoms with Gasteiger partial charge >= 0.3 is 0 Å². The van der Waals surface area contributed by atoms with Crippen LogP contribution in [-0.2, 0) is 10.3 Å². The smallest absolute Gasteiger partial charge is 0.220 e. The molecule has 0 radical (unpaired) electrons. The van der Waals surface area contributed by atoms with Gasteiger partial charge < -0.3 is 15.7 Å². The normalized spacial score (nSPS) is 19.5. The van der Waals surface area contributed by atoms with E-state index in [1.54, 1.807) is 0 Å². The van der Waals surface area contributed by atoms with Crippen molar-refractivity contribution in [2.24, 2.45) is 5.92 Å². The fraction of sp³-hybridized carbons (Fsp3) is 0.480. The number of amides is 1. The van der Waals surface area contributed by atoms with Gasteiger partial charge in [0.15, 0.2) is 0 Å². The second-order valence-corrected chi connectivity index (χ2v) is 8.24. The van der Waals surface area contributed by atoms with Crippen molar-refractivity contribution in [1.82, 2.24) is 15.5 Å². The van der Waals surface area contributed by atoms with Crippen LogP contribution in [0.15, 0.2) is 60.7 Å². The molecule has 3 atom stereocenters. The lowest BCUT2D eigenvalue weighted by molar-refractivity contribution is -0.126. The van der Waals surface area contributed by atoms with Crippen molar-refractivity contribution in [2.75, 3.05) is 20.1 Å². The number of likely N-dealkylation sites (N-methyl/N-ethyl adjacent to an activating group) is 1. The van der Waals surface area contributed by atoms with Crippen LogP contribution >= 0.6 is 0 Å². The van der Waals surface area contributed by atoms with E-state index in [0.717, 1.165) is 30.6 Å². The molecule has 0 aliphatic heterocycles. The van der Waals surface area contributed by atoms with E-state index in [9.17, 15) is 9.90 Å². The quantitative estimate of drug-likeness (QED) is 0.499. The number of hydrogen-bond acceptors (Lipinski definition) is 4. The van der Waals surface area contributed by atoms with Crippen molar-refractivity contribution in [2.45, 2.75) is 50.9 Å². The van der Waals surface area contributed by atoms with E-state index >= 15 is 0 Å². The number of benzene rings is 2. The third-order valence-electron chi connectivity index (χ3n) is 6.16. The number of nitrogens with one attached hydrogen (secondary N) is 2. The van der Waals surface area contributed by atoms with Crippen molar-refractivity contribution < 1.29 is 9.90 Å². The summed E-state index contributed by atoms with van der Waals surface area (Å²) >= 11 is 0. The van der Waals surface area contributed by atoms with Gasteiger partial charge in [-0.2, -0.15) is 0 Å². The Bertz CT molecular complexity index is 757. The van der Waals surface area contributed by atoms with Gasteiger partial charge in [-0.1, -0.05) is 74.5 Å². The minimum atomic E-state index is -1.05. The molecule has 0 saturated heterocycles. The average Bonchev–Trinajstić information content (AvgIpc) is 3.54. The summed E-state index contributed by atoms with van der Waals surface area (Å²) in [7, 11) is 1.94. The van der Waals surface area contributed by atoms with Crippen LogP contribution in [-0.4, -0.2) is 48.3 Å². The summed E-state index contributed by atoms with van der Waals surface area (Å²) in [5, 5.41) is 18.4. The van der Waals surface area contributed by atoms with Crippen LogP contribution in [0.5, 0.6) is 0 Å². The van der Waals surface area contributed by atoms with Gasteiger partial charge in [-0.05, 0) is 43.5 Å². The highest BCUT2D eigenvalue weighted by Gasteiger charge is 2.45. The van der Waals surface area contributed by atoms with Crippen molar-refractivity contribution in [1.29, 1.82) is 0 Å². The Labute approximate surface area is 180 Å². The first-order valence-electron chi connectivity index (χ1n) is 11.1. The summed E-state index contributed by atoms with van der Waals surface area (Å²) in [4.78, 5) is 14.6. The topological polar surface area (TPSA) is 64.6 Å². The molecule has 0 bridgehead atoms. The van der Waals surface area contributed by atoms with Crippen LogP contribution in [0.25, 0.3) is 0 Å². The van der Waals surface area contributed by atoms with E-state index < -0.39 is 11.8 Å². The zero-order chi connectivity index (χ0) is 21.6. The molecule has 162 valence electrons. The Hall–Kier alpha value is -2.21. The van der Waals surface area contributed by atoms with Crippen LogP contribution in [0.3, 0.4) is 0 Å². The molecule has 3 N–H and O–H groups in total. The number of carbonyl (C=O) groups is 1. The summed E-state index contributed by atoms with van der Waals surface area (Å²) < 4.78 is 0. The first-order valence-corrected chi connectivity index (χ1v) is 11.1. The molecule has 1 amide bonds. The maximum atomic E-state index is 12.6. The summed E-state index contributed by atoms with van der Waals surface area (Å²) in [6.45, 7) is 5.72. The molecule has 3 rings (SSSR count). The second-order valence-electron chi connectivity index (χ2n) is 8.24. The van der Waals surface area contributed by atoms with E-state index in [0.29, 0.717) is 18.4 Å². The van der Waals surface area contributed by atoms with E-state index in [1.807, 2.05) is 79.5 Å². The molecule has 1 fully saturated rings. The molecule has 1 aliphatic carbocycles. The minimum absolute atomic E-state index is 0.0930. The lowest BCUT2D eigenvalue weighted by Gasteiger charge is -2.43. The van der Waals surface area contributed by atoms with Crippen LogP contribution in [0, 0.1) is 5.92 Å². The molecule has 2 aromatic carbocycles. The molecule has 5 nitrogen and oxygen atoms in total. The molecule has 0 heterocycles. The summed E-state index contributed by atoms with van der Waals surface area (Å²) in [6.07, 6.45) is 1.66. The molecular formula is C25H35N3O2. The van der Waals surface area contributed by atoms with Gasteiger partial charge in [0.05, 0.1) is 0 Å². The number of aliphatic hydroxyl groups excluding tert-OH is 1. The summed E-state index contributed by atoms with van der Waals surface area (Å²) in [6, 6.07) is 20.2. The monoisotopic (exact) mass is 409 g/mol. The van der Waals surface area contributed by atoms with Gasteiger partial charge in [-0.25, -0.2) is 0 Å². The molecule has 2 aromatic rings. The molecule has 30 heavy (non-hydrogen) atoms. The summed E-state index contributed by atoms with van der Waals surface area (Å²) in [5.74, 6) is 0.567. The Balaban J connectivity index is 1.92. The lowest BCUT2D eigenvalue weighted by atomic mass is 9.80. The fourth-order valence-electron chi connectivity index (χ4n) is 4.29. The zero-order valence-corrected chi connectivity index (χ0v) is 18.3. The molecule has 5 heteroatoms. The summed E-state index contributed by atoms with van der Waals surface area (Å²) in [5.41, 5.74) is 0.693. The van der Waals surface area contributed by atoms with Crippen LogP contribution in [0.4, 0.5) is 0 Å². The van der Waals surface area contributed by atoms with Gasteiger partial charge in [0.1, 0.15) is 11.8 Å². The van der Waals surface area contributed by atoms with Crippen molar-refractivity contribution in [3.63, 3.8) is 0 Å². The molecule has 0 spiro atoms. The molecule has 3 unspecified atom stereocenters. The van der Waals surface area contributed by atoms with Gasteiger partial charge in [0, 0.05) is 19.0 Å². The van der Waals surface area contributed by atoms with Crippen LogP contribution < -0.4 is 10.6 Å². The maximum Gasteiger partial charge on any atom is 0.220 e. The van der Waals surface area contributed by atoms with Crippen molar-refractivity contribution >= 4 is 5.91 Å². The van der Waals surface area contributed by atoms with Crippen molar-refractivity contribution in [3.05, 3.63) is 71.8 Å². The van der Waals surface area contributed by atoms with E-state index in [4.69, 9.17) is 0 Å². The predicted octanol–water partition coefficient (Wildman–Crippen LogP) is 3.09. The lowest BCUT2D eigenvalue weighted by Crippen LogP contribution is -2.60. The highest BCUT2D eigenvalue weighted by atomic mass is 16.3. The maximum absolute atomic E-state index is 12.6. The number of carbonyl (C=O) groups excluding carboxylic acids is 1. The van der Waals surface area contributed by atoms with E-state index in [2.05, 4.69) is 17.6 Å².